The monoisotopic (exact) mass is 326 g/mol. The highest BCUT2D eigenvalue weighted by Crippen LogP contribution is 2.29. The summed E-state index contributed by atoms with van der Waals surface area (Å²) in [5.41, 5.74) is 3.06. The van der Waals surface area contributed by atoms with Crippen molar-refractivity contribution in [1.29, 1.82) is 0 Å². The zero-order valence-electron chi connectivity index (χ0n) is 14.7. The van der Waals surface area contributed by atoms with Crippen molar-refractivity contribution in [2.45, 2.75) is 45.2 Å². The number of rotatable bonds is 4. The number of hydrogen-bond donors (Lipinski definition) is 2. The Morgan fingerprint density at radius 2 is 2.04 bits per heavy atom. The van der Waals surface area contributed by atoms with E-state index < -0.39 is 5.54 Å². The van der Waals surface area contributed by atoms with Crippen molar-refractivity contribution in [3.63, 3.8) is 0 Å². The first kappa shape index (κ1) is 16.7. The standard InChI is InChI=1S/C19H26N4O/c1-14-6-4-7-17(15(14)2)16(3)22-18(24)19(8-11-20-12-9-19)23-13-5-10-21-23/h4-7,10,13,16,20H,8-9,11-12H2,1-3H3,(H,22,24). The molecule has 1 aromatic carbocycles. The van der Waals surface area contributed by atoms with E-state index in [0.717, 1.165) is 25.9 Å². The van der Waals surface area contributed by atoms with Crippen molar-refractivity contribution >= 4 is 5.91 Å². The first-order valence-corrected chi connectivity index (χ1v) is 8.62. The van der Waals surface area contributed by atoms with Crippen LogP contribution in [0.15, 0.2) is 36.7 Å². The molecule has 1 saturated heterocycles. The van der Waals surface area contributed by atoms with E-state index in [1.807, 2.05) is 23.0 Å². The first-order chi connectivity index (χ1) is 11.5. The van der Waals surface area contributed by atoms with Crippen molar-refractivity contribution in [2.75, 3.05) is 13.1 Å². The topological polar surface area (TPSA) is 59.0 Å². The Kier molecular flexibility index (Phi) is 4.71. The van der Waals surface area contributed by atoms with Crippen molar-refractivity contribution in [3.05, 3.63) is 53.3 Å². The highest BCUT2D eigenvalue weighted by molar-refractivity contribution is 5.85. The van der Waals surface area contributed by atoms with Crippen LogP contribution in [-0.4, -0.2) is 28.8 Å². The Labute approximate surface area is 143 Å². The molecule has 3 rings (SSSR count). The minimum absolute atomic E-state index is 0.0280. The molecular weight excluding hydrogens is 300 g/mol. The van der Waals surface area contributed by atoms with Gasteiger partial charge in [0.25, 0.3) is 0 Å². The Morgan fingerprint density at radius 1 is 1.29 bits per heavy atom. The molecule has 1 aliphatic heterocycles. The summed E-state index contributed by atoms with van der Waals surface area (Å²) in [6.07, 6.45) is 5.14. The van der Waals surface area contributed by atoms with Crippen LogP contribution < -0.4 is 10.6 Å². The number of benzene rings is 1. The zero-order chi connectivity index (χ0) is 17.2. The van der Waals surface area contributed by atoms with E-state index in [2.05, 4.69) is 48.6 Å². The SMILES string of the molecule is Cc1cccc(C(C)NC(=O)C2(n3cccn3)CCNCC2)c1C. The van der Waals surface area contributed by atoms with E-state index in [1.54, 1.807) is 6.20 Å². The number of carbonyl (C=O) groups excluding carboxylic acids is 1. The maximum Gasteiger partial charge on any atom is 0.248 e. The van der Waals surface area contributed by atoms with Gasteiger partial charge in [0.1, 0.15) is 5.54 Å². The van der Waals surface area contributed by atoms with Crippen molar-refractivity contribution < 1.29 is 4.79 Å². The fourth-order valence-electron chi connectivity index (χ4n) is 3.57. The summed E-state index contributed by atoms with van der Waals surface area (Å²) in [5.74, 6) is 0.0566. The van der Waals surface area contributed by atoms with Gasteiger partial charge in [0.15, 0.2) is 0 Å². The second kappa shape index (κ2) is 6.77. The molecule has 1 fully saturated rings. The molecule has 2 aromatic rings. The molecule has 0 saturated carbocycles. The van der Waals surface area contributed by atoms with Crippen LogP contribution in [0, 0.1) is 13.8 Å². The molecule has 0 aliphatic carbocycles. The van der Waals surface area contributed by atoms with E-state index >= 15 is 0 Å². The van der Waals surface area contributed by atoms with Gasteiger partial charge in [-0.1, -0.05) is 18.2 Å². The van der Waals surface area contributed by atoms with Crippen LogP contribution in [0.1, 0.15) is 42.5 Å². The normalized spacial score (nSPS) is 18.1. The summed E-state index contributed by atoms with van der Waals surface area (Å²) in [4.78, 5) is 13.2. The van der Waals surface area contributed by atoms with Crippen LogP contribution >= 0.6 is 0 Å². The lowest BCUT2D eigenvalue weighted by atomic mass is 9.86. The Hall–Kier alpha value is -2.14. The summed E-state index contributed by atoms with van der Waals surface area (Å²) < 4.78 is 1.83. The van der Waals surface area contributed by atoms with Gasteiger partial charge in [-0.2, -0.15) is 5.10 Å². The van der Waals surface area contributed by atoms with Crippen LogP contribution in [0.2, 0.25) is 0 Å². The Morgan fingerprint density at radius 3 is 2.71 bits per heavy atom. The van der Waals surface area contributed by atoms with Crippen molar-refractivity contribution in [3.8, 4) is 0 Å². The molecule has 2 heterocycles. The molecule has 128 valence electrons. The highest BCUT2D eigenvalue weighted by atomic mass is 16.2. The largest absolute Gasteiger partial charge is 0.347 e. The maximum atomic E-state index is 13.2. The van der Waals surface area contributed by atoms with Gasteiger partial charge < -0.3 is 10.6 Å². The third kappa shape index (κ3) is 2.96. The lowest BCUT2D eigenvalue weighted by Gasteiger charge is -2.37. The average Bonchev–Trinajstić information content (AvgIpc) is 3.13. The van der Waals surface area contributed by atoms with Crippen LogP contribution in [0.5, 0.6) is 0 Å². The van der Waals surface area contributed by atoms with Crippen molar-refractivity contribution in [1.82, 2.24) is 20.4 Å². The van der Waals surface area contributed by atoms with Gasteiger partial charge in [-0.05, 0) is 69.5 Å². The maximum absolute atomic E-state index is 13.2. The fourth-order valence-corrected chi connectivity index (χ4v) is 3.57. The quantitative estimate of drug-likeness (QED) is 0.907. The smallest absolute Gasteiger partial charge is 0.248 e. The number of aromatic nitrogens is 2. The molecule has 5 heteroatoms. The van der Waals surface area contributed by atoms with E-state index in [9.17, 15) is 4.79 Å². The first-order valence-electron chi connectivity index (χ1n) is 8.62. The van der Waals surface area contributed by atoms with Crippen molar-refractivity contribution in [2.24, 2.45) is 0 Å². The number of piperidine rings is 1. The molecule has 1 amide bonds. The molecule has 1 aliphatic rings. The van der Waals surface area contributed by atoms with Gasteiger partial charge in [-0.3, -0.25) is 9.48 Å². The molecular formula is C19H26N4O. The number of nitrogens with one attached hydrogen (secondary N) is 2. The average molecular weight is 326 g/mol. The van der Waals surface area contributed by atoms with Crippen LogP contribution in [0.4, 0.5) is 0 Å². The summed E-state index contributed by atoms with van der Waals surface area (Å²) in [7, 11) is 0. The molecule has 5 nitrogen and oxygen atoms in total. The summed E-state index contributed by atoms with van der Waals surface area (Å²) >= 11 is 0. The molecule has 0 radical (unpaired) electrons. The molecule has 24 heavy (non-hydrogen) atoms. The van der Waals surface area contributed by atoms with Gasteiger partial charge >= 0.3 is 0 Å². The molecule has 0 bridgehead atoms. The van der Waals surface area contributed by atoms with Crippen LogP contribution in [0.25, 0.3) is 0 Å². The van der Waals surface area contributed by atoms with Gasteiger partial charge in [0.2, 0.25) is 5.91 Å². The minimum atomic E-state index is -0.596. The zero-order valence-corrected chi connectivity index (χ0v) is 14.7. The predicted molar refractivity (Wildman–Crippen MR) is 94.8 cm³/mol. The van der Waals surface area contributed by atoms with E-state index in [1.165, 1.54) is 16.7 Å². The molecule has 1 unspecified atom stereocenters. The van der Waals surface area contributed by atoms with Crippen LogP contribution in [0.3, 0.4) is 0 Å². The second-order valence-corrected chi connectivity index (χ2v) is 6.72. The molecule has 1 atom stereocenters. The van der Waals surface area contributed by atoms with E-state index in [4.69, 9.17) is 0 Å². The van der Waals surface area contributed by atoms with Crippen LogP contribution in [-0.2, 0) is 10.3 Å². The third-order valence-corrected chi connectivity index (χ3v) is 5.26. The summed E-state index contributed by atoms with van der Waals surface area (Å²) in [6.45, 7) is 7.92. The molecule has 0 spiro atoms. The lowest BCUT2D eigenvalue weighted by molar-refractivity contribution is -0.132. The predicted octanol–water partition coefficient (Wildman–Crippen LogP) is 2.46. The second-order valence-electron chi connectivity index (χ2n) is 6.72. The third-order valence-electron chi connectivity index (χ3n) is 5.26. The fraction of sp³-hybridized carbons (Fsp3) is 0.474. The number of aryl methyl sites for hydroxylation is 1. The number of carbonyl (C=O) groups is 1. The Bertz CT molecular complexity index is 702. The molecule has 2 N–H and O–H groups in total. The highest BCUT2D eigenvalue weighted by Gasteiger charge is 2.42. The Balaban J connectivity index is 1.85. The number of nitrogens with zero attached hydrogens (tertiary/aromatic N) is 2. The minimum Gasteiger partial charge on any atom is -0.347 e. The van der Waals surface area contributed by atoms with Gasteiger partial charge in [-0.25, -0.2) is 0 Å². The van der Waals surface area contributed by atoms with E-state index in [-0.39, 0.29) is 11.9 Å². The van der Waals surface area contributed by atoms with Gasteiger partial charge in [-0.15, -0.1) is 0 Å². The summed E-state index contributed by atoms with van der Waals surface area (Å²) in [5, 5.41) is 10.9. The lowest BCUT2D eigenvalue weighted by Crippen LogP contribution is -2.55. The number of amides is 1. The molecule has 1 aromatic heterocycles. The van der Waals surface area contributed by atoms with Gasteiger partial charge in [0, 0.05) is 12.4 Å². The summed E-state index contributed by atoms with van der Waals surface area (Å²) in [6, 6.07) is 8.10. The number of hydrogen-bond acceptors (Lipinski definition) is 3. The van der Waals surface area contributed by atoms with E-state index in [0.29, 0.717) is 0 Å². The van der Waals surface area contributed by atoms with Gasteiger partial charge in [0.05, 0.1) is 6.04 Å².